The third-order valence-corrected chi connectivity index (χ3v) is 2.67. The Morgan fingerprint density at radius 3 is 2.45 bits per heavy atom. The molecule has 0 fully saturated rings. The van der Waals surface area contributed by atoms with Crippen LogP contribution in [0.1, 0.15) is 6.92 Å². The van der Waals surface area contributed by atoms with Gasteiger partial charge in [0.1, 0.15) is 5.75 Å². The number of para-hydroxylation sites is 1. The molecule has 0 aliphatic heterocycles. The summed E-state index contributed by atoms with van der Waals surface area (Å²) < 4.78 is 10.1. The van der Waals surface area contributed by atoms with Crippen LogP contribution < -0.4 is 4.74 Å². The molecule has 3 nitrogen and oxygen atoms in total. The van der Waals surface area contributed by atoms with Crippen molar-refractivity contribution in [1.29, 1.82) is 0 Å². The van der Waals surface area contributed by atoms with E-state index in [0.717, 1.165) is 11.1 Å². The second-order valence-electron chi connectivity index (χ2n) is 4.14. The maximum Gasteiger partial charge on any atom is 0.515 e. The quantitative estimate of drug-likeness (QED) is 0.480. The van der Waals surface area contributed by atoms with Gasteiger partial charge in [0.2, 0.25) is 0 Å². The van der Waals surface area contributed by atoms with Crippen LogP contribution in [0.15, 0.2) is 54.6 Å². The van der Waals surface area contributed by atoms with Gasteiger partial charge < -0.3 is 9.47 Å². The molecule has 100 valence electrons. The minimum Gasteiger partial charge on any atom is -0.418 e. The molecular formula is C17H14O3. The van der Waals surface area contributed by atoms with Gasteiger partial charge in [-0.2, -0.15) is 0 Å². The number of hydrogen-bond donors (Lipinski definition) is 0. The Morgan fingerprint density at radius 2 is 1.75 bits per heavy atom. The number of ether oxygens (including phenoxy) is 2. The number of hydrogen-bond acceptors (Lipinski definition) is 3. The van der Waals surface area contributed by atoms with E-state index in [1.807, 2.05) is 42.5 Å². The van der Waals surface area contributed by atoms with E-state index in [-0.39, 0.29) is 0 Å². The molecular weight excluding hydrogens is 252 g/mol. The van der Waals surface area contributed by atoms with Crippen LogP contribution in [0.25, 0.3) is 11.1 Å². The van der Waals surface area contributed by atoms with Crippen molar-refractivity contribution in [1.82, 2.24) is 0 Å². The smallest absolute Gasteiger partial charge is 0.418 e. The van der Waals surface area contributed by atoms with E-state index < -0.39 is 12.3 Å². The Labute approximate surface area is 118 Å². The lowest BCUT2D eigenvalue weighted by Crippen LogP contribution is -2.17. The fourth-order valence-electron chi connectivity index (χ4n) is 1.70. The van der Waals surface area contributed by atoms with Crippen molar-refractivity contribution in [2.45, 2.75) is 13.0 Å². The highest BCUT2D eigenvalue weighted by Crippen LogP contribution is 2.29. The Bertz CT molecular complexity index is 626. The van der Waals surface area contributed by atoms with Crippen LogP contribution in [0.2, 0.25) is 0 Å². The third kappa shape index (κ3) is 3.39. The SMILES string of the molecule is C#CC(C)OC(=O)Oc1ccccc1-c1ccccc1. The Hall–Kier alpha value is -2.73. The highest BCUT2D eigenvalue weighted by molar-refractivity contribution is 5.74. The van der Waals surface area contributed by atoms with Gasteiger partial charge in [-0.1, -0.05) is 54.5 Å². The van der Waals surface area contributed by atoms with Gasteiger partial charge in [-0.15, -0.1) is 6.42 Å². The van der Waals surface area contributed by atoms with Crippen molar-refractivity contribution in [2.24, 2.45) is 0 Å². The number of rotatable bonds is 3. The standard InChI is InChI=1S/C17H14O3/c1-3-13(2)19-17(18)20-16-12-8-7-11-15(16)14-9-5-4-6-10-14/h1,4-13H,2H3. The van der Waals surface area contributed by atoms with Gasteiger partial charge in [-0.3, -0.25) is 0 Å². The molecule has 0 amide bonds. The highest BCUT2D eigenvalue weighted by atomic mass is 16.7. The first-order valence-electron chi connectivity index (χ1n) is 6.19. The molecule has 2 aromatic carbocycles. The maximum atomic E-state index is 11.6. The van der Waals surface area contributed by atoms with Gasteiger partial charge in [0.15, 0.2) is 6.10 Å². The normalized spacial score (nSPS) is 11.2. The Balaban J connectivity index is 2.21. The van der Waals surface area contributed by atoms with Crippen molar-refractivity contribution in [3.05, 3.63) is 54.6 Å². The topological polar surface area (TPSA) is 35.5 Å². The zero-order valence-electron chi connectivity index (χ0n) is 11.1. The molecule has 1 unspecified atom stereocenters. The van der Waals surface area contributed by atoms with Crippen LogP contribution in [0, 0.1) is 12.3 Å². The fourth-order valence-corrected chi connectivity index (χ4v) is 1.70. The molecule has 0 bridgehead atoms. The molecule has 2 rings (SSSR count). The first-order chi connectivity index (χ1) is 9.70. The summed E-state index contributed by atoms with van der Waals surface area (Å²) in [5.41, 5.74) is 1.78. The van der Waals surface area contributed by atoms with E-state index >= 15 is 0 Å². The first-order valence-corrected chi connectivity index (χ1v) is 6.19. The van der Waals surface area contributed by atoms with Crippen molar-refractivity contribution in [3.8, 4) is 29.2 Å². The van der Waals surface area contributed by atoms with Gasteiger partial charge in [0.25, 0.3) is 0 Å². The first kappa shape index (κ1) is 13.7. The predicted molar refractivity (Wildman–Crippen MR) is 77.3 cm³/mol. The lowest BCUT2D eigenvalue weighted by atomic mass is 10.1. The van der Waals surface area contributed by atoms with Crippen LogP contribution in [0.3, 0.4) is 0 Å². The van der Waals surface area contributed by atoms with Crippen molar-refractivity contribution in [2.75, 3.05) is 0 Å². The van der Waals surface area contributed by atoms with E-state index in [9.17, 15) is 4.79 Å². The summed E-state index contributed by atoms with van der Waals surface area (Å²) >= 11 is 0. The van der Waals surface area contributed by atoms with Crippen LogP contribution in [0.4, 0.5) is 4.79 Å². The van der Waals surface area contributed by atoms with Gasteiger partial charge in [-0.25, -0.2) is 4.79 Å². The fraction of sp³-hybridized carbons (Fsp3) is 0.118. The molecule has 0 N–H and O–H groups in total. The van der Waals surface area contributed by atoms with E-state index in [1.165, 1.54) is 0 Å². The number of terminal acetylenes is 1. The molecule has 3 heteroatoms. The van der Waals surface area contributed by atoms with Crippen LogP contribution in [0.5, 0.6) is 5.75 Å². The average Bonchev–Trinajstić information content (AvgIpc) is 2.48. The minimum absolute atomic E-state index is 0.438. The Kier molecular flexibility index (Phi) is 4.41. The lowest BCUT2D eigenvalue weighted by molar-refractivity contribution is 0.0855. The van der Waals surface area contributed by atoms with E-state index in [4.69, 9.17) is 15.9 Å². The third-order valence-electron chi connectivity index (χ3n) is 2.67. The van der Waals surface area contributed by atoms with Gasteiger partial charge in [0, 0.05) is 5.56 Å². The van der Waals surface area contributed by atoms with Crippen LogP contribution in [-0.4, -0.2) is 12.3 Å². The number of carbonyl (C=O) groups is 1. The number of carbonyl (C=O) groups excluding carboxylic acids is 1. The predicted octanol–water partition coefficient (Wildman–Crippen LogP) is 3.89. The van der Waals surface area contributed by atoms with E-state index in [1.54, 1.807) is 19.1 Å². The molecule has 1 atom stereocenters. The summed E-state index contributed by atoms with van der Waals surface area (Å²) in [7, 11) is 0. The van der Waals surface area contributed by atoms with Gasteiger partial charge in [-0.05, 0) is 18.6 Å². The average molecular weight is 266 g/mol. The summed E-state index contributed by atoms with van der Waals surface area (Å²) in [5.74, 6) is 2.74. The summed E-state index contributed by atoms with van der Waals surface area (Å²) in [6.07, 6.45) is 3.73. The second kappa shape index (κ2) is 6.44. The molecule has 20 heavy (non-hydrogen) atoms. The van der Waals surface area contributed by atoms with Gasteiger partial charge >= 0.3 is 6.16 Å². The van der Waals surface area contributed by atoms with Crippen molar-refractivity contribution >= 4 is 6.16 Å². The molecule has 0 spiro atoms. The van der Waals surface area contributed by atoms with Crippen LogP contribution in [-0.2, 0) is 4.74 Å². The molecule has 0 saturated carbocycles. The van der Waals surface area contributed by atoms with Gasteiger partial charge in [0.05, 0.1) is 0 Å². The Morgan fingerprint density at radius 1 is 1.10 bits per heavy atom. The molecule has 0 aromatic heterocycles. The van der Waals surface area contributed by atoms with Crippen molar-refractivity contribution in [3.63, 3.8) is 0 Å². The van der Waals surface area contributed by atoms with Crippen LogP contribution >= 0.6 is 0 Å². The summed E-state index contributed by atoms with van der Waals surface area (Å²) in [6.45, 7) is 1.60. The zero-order valence-corrected chi connectivity index (χ0v) is 11.1. The largest absolute Gasteiger partial charge is 0.515 e. The summed E-state index contributed by atoms with van der Waals surface area (Å²) in [5, 5.41) is 0. The monoisotopic (exact) mass is 266 g/mol. The maximum absolute atomic E-state index is 11.6. The van der Waals surface area contributed by atoms with Crippen molar-refractivity contribution < 1.29 is 14.3 Å². The molecule has 0 aliphatic rings. The molecule has 0 radical (unpaired) electrons. The summed E-state index contributed by atoms with van der Waals surface area (Å²) in [6, 6.07) is 16.9. The molecule has 2 aromatic rings. The zero-order chi connectivity index (χ0) is 14.4. The van der Waals surface area contributed by atoms with E-state index in [0.29, 0.717) is 5.75 Å². The van der Waals surface area contributed by atoms with E-state index in [2.05, 4.69) is 5.92 Å². The summed E-state index contributed by atoms with van der Waals surface area (Å²) in [4.78, 5) is 11.6. The minimum atomic E-state index is -0.807. The highest BCUT2D eigenvalue weighted by Gasteiger charge is 2.13. The molecule has 0 saturated heterocycles. The second-order valence-corrected chi connectivity index (χ2v) is 4.14. The number of benzene rings is 2. The lowest BCUT2D eigenvalue weighted by Gasteiger charge is -2.11. The molecule has 0 aliphatic carbocycles. The molecule has 0 heterocycles.